The SMILES string of the molecule is CCCNCc1csc(S(=O)(=O)Nc2cccnc2)c1. The fourth-order valence-electron chi connectivity index (χ4n) is 1.62. The van der Waals surface area contributed by atoms with Crippen molar-refractivity contribution in [2.24, 2.45) is 0 Å². The Balaban J connectivity index is 2.06. The smallest absolute Gasteiger partial charge is 0.271 e. The Morgan fingerprint density at radius 1 is 1.40 bits per heavy atom. The van der Waals surface area contributed by atoms with Gasteiger partial charge in [-0.15, -0.1) is 11.3 Å². The van der Waals surface area contributed by atoms with E-state index in [1.54, 1.807) is 24.4 Å². The van der Waals surface area contributed by atoms with Crippen molar-refractivity contribution in [1.29, 1.82) is 0 Å². The monoisotopic (exact) mass is 311 g/mol. The van der Waals surface area contributed by atoms with Gasteiger partial charge in [-0.05, 0) is 42.1 Å². The average Bonchev–Trinajstić information content (AvgIpc) is 2.89. The molecule has 2 aromatic rings. The van der Waals surface area contributed by atoms with Crippen LogP contribution in [0.4, 0.5) is 5.69 Å². The van der Waals surface area contributed by atoms with Gasteiger partial charge in [0.25, 0.3) is 10.0 Å². The highest BCUT2D eigenvalue weighted by molar-refractivity contribution is 7.94. The minimum absolute atomic E-state index is 0.314. The molecule has 0 aliphatic heterocycles. The number of thiophene rings is 1. The van der Waals surface area contributed by atoms with Crippen LogP contribution in [-0.2, 0) is 16.6 Å². The first-order valence-corrected chi connectivity index (χ1v) is 8.69. The summed E-state index contributed by atoms with van der Waals surface area (Å²) < 4.78 is 27.2. The summed E-state index contributed by atoms with van der Waals surface area (Å²) in [5.74, 6) is 0. The van der Waals surface area contributed by atoms with Crippen LogP contribution < -0.4 is 10.0 Å². The lowest BCUT2D eigenvalue weighted by molar-refractivity contribution is 0.603. The van der Waals surface area contributed by atoms with Gasteiger partial charge in [-0.25, -0.2) is 8.42 Å². The number of aromatic nitrogens is 1. The Morgan fingerprint density at radius 3 is 2.95 bits per heavy atom. The molecule has 0 atom stereocenters. The lowest BCUT2D eigenvalue weighted by Gasteiger charge is -2.04. The average molecular weight is 311 g/mol. The van der Waals surface area contributed by atoms with Crippen LogP contribution in [-0.4, -0.2) is 19.9 Å². The molecule has 0 fully saturated rings. The van der Waals surface area contributed by atoms with Gasteiger partial charge in [0.15, 0.2) is 0 Å². The molecule has 0 aliphatic carbocycles. The van der Waals surface area contributed by atoms with Crippen LogP contribution in [0.3, 0.4) is 0 Å². The van der Waals surface area contributed by atoms with Gasteiger partial charge < -0.3 is 5.32 Å². The van der Waals surface area contributed by atoms with Crippen LogP contribution in [0.25, 0.3) is 0 Å². The Bertz CT molecular complexity index is 639. The van der Waals surface area contributed by atoms with Crippen molar-refractivity contribution in [2.45, 2.75) is 24.1 Å². The Morgan fingerprint density at radius 2 is 2.25 bits per heavy atom. The van der Waals surface area contributed by atoms with Crippen LogP contribution in [0.15, 0.2) is 40.2 Å². The van der Waals surface area contributed by atoms with Crippen molar-refractivity contribution in [3.05, 3.63) is 41.5 Å². The van der Waals surface area contributed by atoms with Crippen molar-refractivity contribution >= 4 is 27.0 Å². The second kappa shape index (κ2) is 6.83. The number of nitrogens with one attached hydrogen (secondary N) is 2. The van der Waals surface area contributed by atoms with Crippen molar-refractivity contribution in [2.75, 3.05) is 11.3 Å². The fourth-order valence-corrected chi connectivity index (χ4v) is 3.88. The van der Waals surface area contributed by atoms with Crippen LogP contribution in [0.5, 0.6) is 0 Å². The Labute approximate surface area is 123 Å². The van der Waals surface area contributed by atoms with Gasteiger partial charge >= 0.3 is 0 Å². The van der Waals surface area contributed by atoms with Gasteiger partial charge in [0, 0.05) is 12.7 Å². The highest BCUT2D eigenvalue weighted by Crippen LogP contribution is 2.22. The normalized spacial score (nSPS) is 11.4. The van der Waals surface area contributed by atoms with E-state index in [1.807, 2.05) is 5.38 Å². The molecule has 0 unspecified atom stereocenters. The number of anilines is 1. The first-order chi connectivity index (χ1) is 9.62. The van der Waals surface area contributed by atoms with Gasteiger partial charge in [-0.1, -0.05) is 6.92 Å². The van der Waals surface area contributed by atoms with E-state index in [0.717, 1.165) is 18.5 Å². The zero-order valence-corrected chi connectivity index (χ0v) is 12.8. The summed E-state index contributed by atoms with van der Waals surface area (Å²) in [6.07, 6.45) is 4.13. The molecule has 2 aromatic heterocycles. The van der Waals surface area contributed by atoms with Crippen LogP contribution in [0, 0.1) is 0 Å². The Kier molecular flexibility index (Phi) is 5.11. The molecule has 0 saturated heterocycles. The van der Waals surface area contributed by atoms with E-state index in [4.69, 9.17) is 0 Å². The fraction of sp³-hybridized carbons (Fsp3) is 0.308. The summed E-state index contributed by atoms with van der Waals surface area (Å²) >= 11 is 1.22. The standard InChI is InChI=1S/C13H17N3O2S2/c1-2-5-14-8-11-7-13(19-10-11)20(17,18)16-12-4-3-6-15-9-12/h3-4,6-7,9-10,14,16H,2,5,8H2,1H3. The molecular weight excluding hydrogens is 294 g/mol. The first kappa shape index (κ1) is 15.0. The second-order valence-electron chi connectivity index (χ2n) is 4.30. The summed E-state index contributed by atoms with van der Waals surface area (Å²) in [6, 6.07) is 5.06. The second-order valence-corrected chi connectivity index (χ2v) is 7.12. The van der Waals surface area contributed by atoms with Crippen LogP contribution in [0.1, 0.15) is 18.9 Å². The molecule has 108 valence electrons. The van der Waals surface area contributed by atoms with Crippen molar-refractivity contribution in [3.8, 4) is 0 Å². The Hall–Kier alpha value is -1.44. The molecule has 2 N–H and O–H groups in total. The number of pyridine rings is 1. The summed E-state index contributed by atoms with van der Waals surface area (Å²) in [5.41, 5.74) is 1.45. The first-order valence-electron chi connectivity index (χ1n) is 6.33. The summed E-state index contributed by atoms with van der Waals surface area (Å²) in [5, 5.41) is 5.11. The zero-order valence-electron chi connectivity index (χ0n) is 11.2. The van der Waals surface area contributed by atoms with Gasteiger partial charge in [0.05, 0.1) is 11.9 Å². The number of hydrogen-bond donors (Lipinski definition) is 2. The maximum Gasteiger partial charge on any atom is 0.271 e. The quantitative estimate of drug-likeness (QED) is 0.771. The molecule has 2 rings (SSSR count). The highest BCUT2D eigenvalue weighted by atomic mass is 32.2. The number of sulfonamides is 1. The molecule has 0 saturated carbocycles. The summed E-state index contributed by atoms with van der Waals surface area (Å²) in [6.45, 7) is 3.70. The third kappa shape index (κ3) is 4.03. The number of nitrogens with zero attached hydrogens (tertiary/aromatic N) is 1. The van der Waals surface area contributed by atoms with Crippen molar-refractivity contribution < 1.29 is 8.42 Å². The molecule has 0 radical (unpaired) electrons. The highest BCUT2D eigenvalue weighted by Gasteiger charge is 2.16. The molecule has 7 heteroatoms. The number of rotatable bonds is 7. The van der Waals surface area contributed by atoms with Crippen LogP contribution >= 0.6 is 11.3 Å². The molecule has 0 aliphatic rings. The van der Waals surface area contributed by atoms with Crippen molar-refractivity contribution in [3.63, 3.8) is 0 Å². The van der Waals surface area contributed by atoms with Crippen molar-refractivity contribution in [1.82, 2.24) is 10.3 Å². The topological polar surface area (TPSA) is 71.1 Å². The third-order valence-electron chi connectivity index (χ3n) is 2.56. The number of hydrogen-bond acceptors (Lipinski definition) is 5. The predicted octanol–water partition coefficient (Wildman–Crippen LogP) is 2.44. The predicted molar refractivity (Wildman–Crippen MR) is 81.4 cm³/mol. The van der Waals surface area contributed by atoms with Gasteiger partial charge in [-0.2, -0.15) is 0 Å². The molecule has 0 bridgehead atoms. The summed E-state index contributed by atoms with van der Waals surface area (Å²) in [7, 11) is -3.52. The van der Waals surface area contributed by atoms with E-state index in [-0.39, 0.29) is 0 Å². The van der Waals surface area contributed by atoms with E-state index in [2.05, 4.69) is 21.9 Å². The zero-order chi connectivity index (χ0) is 14.4. The molecular formula is C13H17N3O2S2. The molecule has 20 heavy (non-hydrogen) atoms. The van der Waals surface area contributed by atoms with E-state index in [1.165, 1.54) is 17.5 Å². The largest absolute Gasteiger partial charge is 0.313 e. The molecule has 0 spiro atoms. The van der Waals surface area contributed by atoms with E-state index in [9.17, 15) is 8.42 Å². The molecule has 5 nitrogen and oxygen atoms in total. The lowest BCUT2D eigenvalue weighted by atomic mass is 10.3. The van der Waals surface area contributed by atoms with Gasteiger partial charge in [-0.3, -0.25) is 9.71 Å². The molecule has 2 heterocycles. The van der Waals surface area contributed by atoms with E-state index < -0.39 is 10.0 Å². The molecule has 0 amide bonds. The van der Waals surface area contributed by atoms with E-state index >= 15 is 0 Å². The maximum atomic E-state index is 12.2. The van der Waals surface area contributed by atoms with E-state index in [0.29, 0.717) is 16.4 Å². The van der Waals surface area contributed by atoms with Gasteiger partial charge in [0.2, 0.25) is 0 Å². The molecule has 0 aromatic carbocycles. The third-order valence-corrected chi connectivity index (χ3v) is 5.43. The summed E-state index contributed by atoms with van der Waals surface area (Å²) in [4.78, 5) is 3.88. The van der Waals surface area contributed by atoms with Gasteiger partial charge in [0.1, 0.15) is 4.21 Å². The minimum atomic E-state index is -3.52. The minimum Gasteiger partial charge on any atom is -0.313 e. The van der Waals surface area contributed by atoms with Crippen LogP contribution in [0.2, 0.25) is 0 Å². The lowest BCUT2D eigenvalue weighted by Crippen LogP contribution is -2.13. The maximum absolute atomic E-state index is 12.2.